The zero-order valence-electron chi connectivity index (χ0n) is 11.4. The maximum Gasteiger partial charge on any atom is 0.150 e. The van der Waals surface area contributed by atoms with E-state index in [1.165, 1.54) is 6.26 Å². The predicted octanol–water partition coefficient (Wildman–Crippen LogP) is 3.60. The van der Waals surface area contributed by atoms with Gasteiger partial charge < -0.3 is 5.73 Å². The Morgan fingerprint density at radius 3 is 2.60 bits per heavy atom. The number of hydrogen-bond acceptors (Lipinski definition) is 3. The molecule has 1 saturated carbocycles. The zero-order chi connectivity index (χ0) is 14.9. The monoisotopic (exact) mass is 335 g/mol. The highest BCUT2D eigenvalue weighted by Gasteiger charge is 2.32. The lowest BCUT2D eigenvalue weighted by Crippen LogP contribution is -2.33. The molecule has 0 saturated heterocycles. The normalized spacial score (nSPS) is 25.4. The van der Waals surface area contributed by atoms with E-state index in [9.17, 15) is 8.42 Å². The lowest BCUT2D eigenvalue weighted by molar-refractivity contribution is 0.309. The van der Waals surface area contributed by atoms with Gasteiger partial charge in [-0.25, -0.2) is 8.42 Å². The topological polar surface area (TPSA) is 60.2 Å². The van der Waals surface area contributed by atoms with E-state index in [-0.39, 0.29) is 17.2 Å². The number of hydrogen-bond donors (Lipinski definition) is 1. The fourth-order valence-electron chi connectivity index (χ4n) is 2.92. The highest BCUT2D eigenvalue weighted by molar-refractivity contribution is 7.91. The molecule has 1 fully saturated rings. The fourth-order valence-corrected chi connectivity index (χ4v) is 4.65. The van der Waals surface area contributed by atoms with Gasteiger partial charge in [-0.05, 0) is 42.9 Å². The summed E-state index contributed by atoms with van der Waals surface area (Å²) in [6, 6.07) is 5.03. The van der Waals surface area contributed by atoms with Crippen LogP contribution in [0.4, 0.5) is 0 Å². The van der Waals surface area contributed by atoms with E-state index >= 15 is 0 Å². The average molecular weight is 336 g/mol. The second-order valence-electron chi connectivity index (χ2n) is 5.57. The molecule has 0 heterocycles. The van der Waals surface area contributed by atoms with E-state index in [0.717, 1.165) is 24.8 Å². The van der Waals surface area contributed by atoms with Gasteiger partial charge in [-0.15, -0.1) is 0 Å². The minimum atomic E-state index is -3.00. The van der Waals surface area contributed by atoms with Gasteiger partial charge in [0.25, 0.3) is 0 Å². The Balaban J connectivity index is 2.18. The molecular weight excluding hydrogens is 317 g/mol. The van der Waals surface area contributed by atoms with E-state index in [2.05, 4.69) is 0 Å². The van der Waals surface area contributed by atoms with Gasteiger partial charge in [0.2, 0.25) is 0 Å². The molecule has 2 rings (SSSR count). The standard InChI is InChI=1S/C14H19Cl2NO2S/c1-20(18,19)11-4-2-3-9(7-11)14(17)12-6-5-10(15)8-13(12)16/h5-6,8-9,11,14H,2-4,7,17H2,1H3. The lowest BCUT2D eigenvalue weighted by Gasteiger charge is -2.32. The Labute approximate surface area is 130 Å². The molecule has 1 aliphatic carbocycles. The summed E-state index contributed by atoms with van der Waals surface area (Å²) in [7, 11) is -3.00. The van der Waals surface area contributed by atoms with E-state index in [1.54, 1.807) is 12.1 Å². The molecule has 0 aromatic heterocycles. The van der Waals surface area contributed by atoms with Crippen molar-refractivity contribution in [3.05, 3.63) is 33.8 Å². The molecule has 0 bridgehead atoms. The molecule has 3 atom stereocenters. The fraction of sp³-hybridized carbons (Fsp3) is 0.571. The van der Waals surface area contributed by atoms with Gasteiger partial charge in [-0.3, -0.25) is 0 Å². The summed E-state index contributed by atoms with van der Waals surface area (Å²) in [4.78, 5) is 0. The summed E-state index contributed by atoms with van der Waals surface area (Å²) in [5, 5.41) is 0.841. The van der Waals surface area contributed by atoms with Crippen LogP contribution in [-0.4, -0.2) is 19.9 Å². The van der Waals surface area contributed by atoms with Crippen LogP contribution in [0, 0.1) is 5.92 Å². The van der Waals surface area contributed by atoms with Crippen LogP contribution in [0.15, 0.2) is 18.2 Å². The van der Waals surface area contributed by atoms with Crippen molar-refractivity contribution in [1.82, 2.24) is 0 Å². The van der Waals surface area contributed by atoms with Crippen LogP contribution in [0.5, 0.6) is 0 Å². The third-order valence-electron chi connectivity index (χ3n) is 4.10. The summed E-state index contributed by atoms with van der Waals surface area (Å²) < 4.78 is 23.4. The van der Waals surface area contributed by atoms with Crippen LogP contribution in [-0.2, 0) is 9.84 Å². The molecular formula is C14H19Cl2NO2S. The maximum atomic E-state index is 11.7. The molecule has 0 radical (unpaired) electrons. The first-order valence-corrected chi connectivity index (χ1v) is 9.39. The first-order valence-electron chi connectivity index (χ1n) is 6.68. The molecule has 3 unspecified atom stereocenters. The van der Waals surface area contributed by atoms with Crippen molar-refractivity contribution in [1.29, 1.82) is 0 Å². The van der Waals surface area contributed by atoms with Crippen molar-refractivity contribution >= 4 is 33.0 Å². The summed E-state index contributed by atoms with van der Waals surface area (Å²) in [6.07, 6.45) is 4.48. The van der Waals surface area contributed by atoms with Crippen molar-refractivity contribution in [3.63, 3.8) is 0 Å². The Morgan fingerprint density at radius 1 is 1.30 bits per heavy atom. The number of benzene rings is 1. The largest absolute Gasteiger partial charge is 0.324 e. The van der Waals surface area contributed by atoms with Gasteiger partial charge in [-0.2, -0.15) is 0 Å². The second kappa shape index (κ2) is 6.22. The van der Waals surface area contributed by atoms with Crippen LogP contribution < -0.4 is 5.73 Å². The molecule has 0 spiro atoms. The predicted molar refractivity (Wildman–Crippen MR) is 84.0 cm³/mol. The average Bonchev–Trinajstić information content (AvgIpc) is 2.37. The Hall–Kier alpha value is -0.290. The Morgan fingerprint density at radius 2 is 2.00 bits per heavy atom. The first kappa shape index (κ1) is 16.1. The summed E-state index contributed by atoms with van der Waals surface area (Å²) in [5.74, 6) is 0.141. The van der Waals surface area contributed by atoms with Gasteiger partial charge in [0.1, 0.15) is 9.84 Å². The van der Waals surface area contributed by atoms with E-state index in [4.69, 9.17) is 28.9 Å². The molecule has 6 heteroatoms. The Bertz CT molecular complexity index is 589. The highest BCUT2D eigenvalue weighted by atomic mass is 35.5. The smallest absolute Gasteiger partial charge is 0.150 e. The lowest BCUT2D eigenvalue weighted by atomic mass is 9.81. The van der Waals surface area contributed by atoms with Gasteiger partial charge in [0.05, 0.1) is 5.25 Å². The van der Waals surface area contributed by atoms with Crippen LogP contribution in [0.3, 0.4) is 0 Å². The van der Waals surface area contributed by atoms with E-state index in [1.807, 2.05) is 6.07 Å². The molecule has 112 valence electrons. The minimum Gasteiger partial charge on any atom is -0.324 e. The van der Waals surface area contributed by atoms with Gasteiger partial charge in [0.15, 0.2) is 0 Å². The third kappa shape index (κ3) is 3.67. The number of sulfone groups is 1. The van der Waals surface area contributed by atoms with Gasteiger partial charge in [-0.1, -0.05) is 35.7 Å². The number of halogens is 2. The molecule has 1 aliphatic rings. The summed E-state index contributed by atoms with van der Waals surface area (Å²) in [6.45, 7) is 0. The van der Waals surface area contributed by atoms with Crippen LogP contribution in [0.2, 0.25) is 10.0 Å². The minimum absolute atomic E-state index is 0.141. The molecule has 1 aromatic carbocycles. The Kier molecular flexibility index (Phi) is 5.00. The molecule has 2 N–H and O–H groups in total. The number of nitrogens with two attached hydrogens (primary N) is 1. The number of rotatable bonds is 3. The second-order valence-corrected chi connectivity index (χ2v) is 8.74. The molecule has 3 nitrogen and oxygen atoms in total. The SMILES string of the molecule is CS(=O)(=O)C1CCCC(C(N)c2ccc(Cl)cc2Cl)C1. The molecule has 0 amide bonds. The van der Waals surface area contributed by atoms with Crippen molar-refractivity contribution in [2.75, 3.05) is 6.26 Å². The van der Waals surface area contributed by atoms with Gasteiger partial charge >= 0.3 is 0 Å². The summed E-state index contributed by atoms with van der Waals surface area (Å²) in [5.41, 5.74) is 7.15. The van der Waals surface area contributed by atoms with Crippen molar-refractivity contribution in [2.45, 2.75) is 37.0 Å². The van der Waals surface area contributed by atoms with E-state index < -0.39 is 9.84 Å². The van der Waals surface area contributed by atoms with Crippen molar-refractivity contribution in [3.8, 4) is 0 Å². The molecule has 1 aromatic rings. The molecule has 20 heavy (non-hydrogen) atoms. The highest BCUT2D eigenvalue weighted by Crippen LogP contribution is 2.38. The van der Waals surface area contributed by atoms with Gasteiger partial charge in [0, 0.05) is 22.3 Å². The van der Waals surface area contributed by atoms with Crippen molar-refractivity contribution < 1.29 is 8.42 Å². The summed E-state index contributed by atoms with van der Waals surface area (Å²) >= 11 is 12.1. The quantitative estimate of drug-likeness (QED) is 0.917. The van der Waals surface area contributed by atoms with Crippen molar-refractivity contribution in [2.24, 2.45) is 11.7 Å². The molecule has 0 aliphatic heterocycles. The van der Waals surface area contributed by atoms with Crippen LogP contribution >= 0.6 is 23.2 Å². The van der Waals surface area contributed by atoms with E-state index in [0.29, 0.717) is 16.5 Å². The first-order chi connectivity index (χ1) is 9.29. The zero-order valence-corrected chi connectivity index (χ0v) is 13.7. The maximum absolute atomic E-state index is 11.7. The van der Waals surface area contributed by atoms with Crippen LogP contribution in [0.1, 0.15) is 37.3 Å². The van der Waals surface area contributed by atoms with Crippen LogP contribution in [0.25, 0.3) is 0 Å². The third-order valence-corrected chi connectivity index (χ3v) is 6.30.